The largest absolute Gasteiger partial charge is 0.487 e. The molecule has 0 spiro atoms. The van der Waals surface area contributed by atoms with Gasteiger partial charge in [0.05, 0.1) is 0 Å². The van der Waals surface area contributed by atoms with Crippen LogP contribution in [0.2, 0.25) is 0 Å². The minimum atomic E-state index is 0.346. The quantitative estimate of drug-likeness (QED) is 0.769. The monoisotopic (exact) mass is 205 g/mol. The summed E-state index contributed by atoms with van der Waals surface area (Å²) in [6.45, 7) is 2.16. The average Bonchev–Trinajstić information content (AvgIpc) is 2.63. The van der Waals surface area contributed by atoms with Crippen LogP contribution in [0.25, 0.3) is 0 Å². The summed E-state index contributed by atoms with van der Waals surface area (Å²) in [6, 6.07) is 7.17. The lowest BCUT2D eigenvalue weighted by Crippen LogP contribution is -1.97. The van der Waals surface area contributed by atoms with Crippen molar-refractivity contribution in [3.63, 3.8) is 0 Å². The minimum absolute atomic E-state index is 0.346. The smallest absolute Gasteiger partial charge is 0.145 e. The zero-order chi connectivity index (χ0) is 10.7. The van der Waals surface area contributed by atoms with Gasteiger partial charge in [0, 0.05) is 5.69 Å². The van der Waals surface area contributed by atoms with E-state index in [2.05, 4.69) is 14.9 Å². The van der Waals surface area contributed by atoms with E-state index in [1.807, 2.05) is 6.92 Å². The van der Waals surface area contributed by atoms with Crippen molar-refractivity contribution in [1.29, 1.82) is 0 Å². The van der Waals surface area contributed by atoms with E-state index in [-0.39, 0.29) is 0 Å². The van der Waals surface area contributed by atoms with Crippen LogP contribution in [-0.4, -0.2) is 10.3 Å². The van der Waals surface area contributed by atoms with E-state index in [1.54, 1.807) is 24.3 Å². The molecule has 2 rings (SSSR count). The van der Waals surface area contributed by atoms with E-state index in [0.717, 1.165) is 11.4 Å². The summed E-state index contributed by atoms with van der Waals surface area (Å²) >= 11 is 0. The van der Waals surface area contributed by atoms with Gasteiger partial charge in [-0.25, -0.2) is 4.63 Å². The molecule has 0 fully saturated rings. The van der Waals surface area contributed by atoms with Crippen molar-refractivity contribution < 1.29 is 9.37 Å². The van der Waals surface area contributed by atoms with Crippen LogP contribution in [0.4, 0.5) is 5.69 Å². The summed E-state index contributed by atoms with van der Waals surface area (Å²) in [5, 5.41) is 7.37. The first-order chi connectivity index (χ1) is 7.25. The van der Waals surface area contributed by atoms with Crippen LogP contribution in [0.15, 0.2) is 28.9 Å². The molecular formula is C10H11N3O2. The maximum Gasteiger partial charge on any atom is 0.145 e. The van der Waals surface area contributed by atoms with Gasteiger partial charge in [-0.05, 0) is 31.2 Å². The molecule has 0 aliphatic rings. The fourth-order valence-corrected chi connectivity index (χ4v) is 1.10. The van der Waals surface area contributed by atoms with Gasteiger partial charge in [-0.3, -0.25) is 0 Å². The van der Waals surface area contributed by atoms with Crippen LogP contribution in [0.3, 0.4) is 0 Å². The molecule has 5 nitrogen and oxygen atoms in total. The number of hydrogen-bond donors (Lipinski definition) is 1. The fraction of sp³-hybridized carbons (Fsp3) is 0.200. The second kappa shape index (κ2) is 4.00. The molecule has 2 aromatic rings. The Balaban J connectivity index is 1.99. The summed E-state index contributed by atoms with van der Waals surface area (Å²) in [5.41, 5.74) is 7.70. The van der Waals surface area contributed by atoms with Crippen molar-refractivity contribution in [3.05, 3.63) is 35.7 Å². The molecular weight excluding hydrogens is 194 g/mol. The van der Waals surface area contributed by atoms with E-state index >= 15 is 0 Å². The number of ether oxygens (including phenoxy) is 1. The lowest BCUT2D eigenvalue weighted by molar-refractivity contribution is 0.270. The number of aromatic nitrogens is 2. The van der Waals surface area contributed by atoms with Crippen molar-refractivity contribution in [2.45, 2.75) is 13.5 Å². The Morgan fingerprint density at radius 3 is 2.60 bits per heavy atom. The first-order valence-electron chi connectivity index (χ1n) is 4.52. The molecule has 0 aliphatic carbocycles. The average molecular weight is 205 g/mol. The molecule has 0 saturated carbocycles. The van der Waals surface area contributed by atoms with Crippen molar-refractivity contribution in [3.8, 4) is 5.75 Å². The molecule has 0 aliphatic heterocycles. The Morgan fingerprint density at radius 1 is 1.27 bits per heavy atom. The lowest BCUT2D eigenvalue weighted by Gasteiger charge is -2.03. The molecule has 0 bridgehead atoms. The maximum absolute atomic E-state index is 5.55. The zero-order valence-electron chi connectivity index (χ0n) is 8.30. The third kappa shape index (κ3) is 2.25. The Morgan fingerprint density at radius 2 is 2.00 bits per heavy atom. The summed E-state index contributed by atoms with van der Waals surface area (Å²) < 4.78 is 10.0. The van der Waals surface area contributed by atoms with Gasteiger partial charge in [0.25, 0.3) is 0 Å². The summed E-state index contributed by atoms with van der Waals surface area (Å²) in [4.78, 5) is 0. The highest BCUT2D eigenvalue weighted by molar-refractivity contribution is 5.41. The molecule has 15 heavy (non-hydrogen) atoms. The normalized spacial score (nSPS) is 10.2. The maximum atomic E-state index is 5.55. The lowest BCUT2D eigenvalue weighted by atomic mass is 10.3. The van der Waals surface area contributed by atoms with Crippen LogP contribution in [0, 0.1) is 6.92 Å². The van der Waals surface area contributed by atoms with Crippen LogP contribution < -0.4 is 10.5 Å². The van der Waals surface area contributed by atoms with Gasteiger partial charge < -0.3 is 10.5 Å². The Hall–Kier alpha value is -2.04. The Labute approximate surface area is 86.8 Å². The predicted molar refractivity (Wildman–Crippen MR) is 54.2 cm³/mol. The van der Waals surface area contributed by atoms with E-state index in [0.29, 0.717) is 18.0 Å². The second-order valence-electron chi connectivity index (χ2n) is 3.15. The topological polar surface area (TPSA) is 74.2 Å². The van der Waals surface area contributed by atoms with E-state index < -0.39 is 0 Å². The molecule has 78 valence electrons. The molecule has 2 N–H and O–H groups in total. The summed E-state index contributed by atoms with van der Waals surface area (Å²) in [7, 11) is 0. The third-order valence-corrected chi connectivity index (χ3v) is 2.00. The van der Waals surface area contributed by atoms with Crippen molar-refractivity contribution in [2.75, 3.05) is 5.73 Å². The highest BCUT2D eigenvalue weighted by Gasteiger charge is 2.05. The van der Waals surface area contributed by atoms with Gasteiger partial charge in [-0.15, -0.1) is 0 Å². The van der Waals surface area contributed by atoms with Crippen molar-refractivity contribution >= 4 is 5.69 Å². The van der Waals surface area contributed by atoms with Crippen LogP contribution >= 0.6 is 0 Å². The van der Waals surface area contributed by atoms with Gasteiger partial charge in [0.1, 0.15) is 23.7 Å². The van der Waals surface area contributed by atoms with E-state index in [9.17, 15) is 0 Å². The number of aryl methyl sites for hydroxylation is 1. The molecule has 0 saturated heterocycles. The highest BCUT2D eigenvalue weighted by atomic mass is 16.6. The van der Waals surface area contributed by atoms with Gasteiger partial charge in [-0.2, -0.15) is 0 Å². The van der Waals surface area contributed by atoms with Crippen LogP contribution in [-0.2, 0) is 6.61 Å². The zero-order valence-corrected chi connectivity index (χ0v) is 8.30. The Kier molecular flexibility index (Phi) is 2.53. The van der Waals surface area contributed by atoms with Crippen LogP contribution in [0.1, 0.15) is 11.4 Å². The van der Waals surface area contributed by atoms with Crippen LogP contribution in [0.5, 0.6) is 5.75 Å². The third-order valence-electron chi connectivity index (χ3n) is 2.00. The molecule has 1 aromatic carbocycles. The number of benzene rings is 1. The molecule has 5 heteroatoms. The molecule has 0 radical (unpaired) electrons. The van der Waals surface area contributed by atoms with Crippen molar-refractivity contribution in [2.24, 2.45) is 0 Å². The highest BCUT2D eigenvalue weighted by Crippen LogP contribution is 2.14. The standard InChI is InChI=1S/C10H11N3O2/c1-7-10(13-15-12-7)6-14-9-4-2-8(11)3-5-9/h2-5H,6,11H2,1H3. The van der Waals surface area contributed by atoms with Gasteiger partial charge in [-0.1, -0.05) is 10.3 Å². The summed E-state index contributed by atoms with van der Waals surface area (Å²) in [5.74, 6) is 0.742. The Bertz CT molecular complexity index is 436. The first-order valence-corrected chi connectivity index (χ1v) is 4.52. The number of nitrogens with zero attached hydrogens (tertiary/aromatic N) is 2. The molecule has 1 heterocycles. The summed E-state index contributed by atoms with van der Waals surface area (Å²) in [6.07, 6.45) is 0. The minimum Gasteiger partial charge on any atom is -0.487 e. The number of hydrogen-bond acceptors (Lipinski definition) is 5. The fourth-order valence-electron chi connectivity index (χ4n) is 1.10. The molecule has 0 amide bonds. The number of anilines is 1. The number of nitrogens with two attached hydrogens (primary N) is 1. The number of rotatable bonds is 3. The van der Waals surface area contributed by atoms with Gasteiger partial charge in [0.15, 0.2) is 0 Å². The first kappa shape index (κ1) is 9.51. The van der Waals surface area contributed by atoms with Crippen molar-refractivity contribution in [1.82, 2.24) is 10.3 Å². The van der Waals surface area contributed by atoms with Gasteiger partial charge >= 0.3 is 0 Å². The molecule has 0 atom stereocenters. The molecule has 0 unspecified atom stereocenters. The van der Waals surface area contributed by atoms with E-state index in [1.165, 1.54) is 0 Å². The number of nitrogen functional groups attached to an aromatic ring is 1. The van der Waals surface area contributed by atoms with Gasteiger partial charge in [0.2, 0.25) is 0 Å². The second-order valence-corrected chi connectivity index (χ2v) is 3.15. The SMILES string of the molecule is Cc1nonc1COc1ccc(N)cc1. The van der Waals surface area contributed by atoms with E-state index in [4.69, 9.17) is 10.5 Å². The predicted octanol–water partition coefficient (Wildman–Crippen LogP) is 1.54. The molecule has 1 aromatic heterocycles.